The molecule has 1 saturated heterocycles. The molecule has 0 aromatic heterocycles. The average Bonchev–Trinajstić information content (AvgIpc) is 2.95. The first-order chi connectivity index (χ1) is 10.0. The van der Waals surface area contributed by atoms with E-state index in [9.17, 15) is 9.59 Å². The molecule has 21 heavy (non-hydrogen) atoms. The van der Waals surface area contributed by atoms with Gasteiger partial charge < -0.3 is 9.64 Å². The Hall–Kier alpha value is -1.62. The van der Waals surface area contributed by atoms with Crippen molar-refractivity contribution in [3.63, 3.8) is 0 Å². The Labute approximate surface area is 132 Å². The highest BCUT2D eigenvalue weighted by atomic mass is 79.9. The first-order valence-corrected chi connectivity index (χ1v) is 7.61. The van der Waals surface area contributed by atoms with Gasteiger partial charge in [-0.25, -0.2) is 0 Å². The number of carbonyl (C=O) groups excluding carboxylic acids is 2. The van der Waals surface area contributed by atoms with Crippen LogP contribution in [-0.4, -0.2) is 37.0 Å². The quantitative estimate of drug-likeness (QED) is 0.621. The van der Waals surface area contributed by atoms with Crippen LogP contribution in [0.4, 0.5) is 0 Å². The molecule has 1 aliphatic rings. The van der Waals surface area contributed by atoms with Crippen LogP contribution in [0.1, 0.15) is 17.5 Å². The van der Waals surface area contributed by atoms with Crippen molar-refractivity contribution in [1.82, 2.24) is 4.90 Å². The van der Waals surface area contributed by atoms with Gasteiger partial charge in [0.25, 0.3) is 0 Å². The molecule has 1 aliphatic heterocycles. The number of hydrogen-bond donors (Lipinski definition) is 0. The molecule has 2 rings (SSSR count). The maximum absolute atomic E-state index is 12.1. The van der Waals surface area contributed by atoms with E-state index in [1.54, 1.807) is 17.1 Å². The summed E-state index contributed by atoms with van der Waals surface area (Å²) >= 11 is 3.48. The molecule has 4 nitrogen and oxygen atoms in total. The third-order valence-corrected chi connectivity index (χ3v) is 4.28. The van der Waals surface area contributed by atoms with Crippen LogP contribution in [0.5, 0.6) is 0 Å². The van der Waals surface area contributed by atoms with Gasteiger partial charge in [-0.2, -0.15) is 0 Å². The maximum Gasteiger partial charge on any atom is 0.310 e. The largest absolute Gasteiger partial charge is 0.469 e. The molecule has 0 N–H and O–H groups in total. The number of esters is 1. The molecule has 1 unspecified atom stereocenters. The second kappa shape index (κ2) is 6.89. The second-order valence-corrected chi connectivity index (χ2v) is 6.01. The minimum absolute atomic E-state index is 0.0751. The van der Waals surface area contributed by atoms with E-state index in [1.807, 2.05) is 25.1 Å². The van der Waals surface area contributed by atoms with Crippen molar-refractivity contribution in [2.45, 2.75) is 13.3 Å². The molecular formula is C16H18BrNO3. The summed E-state index contributed by atoms with van der Waals surface area (Å²) in [5.41, 5.74) is 2.11. The molecule has 1 heterocycles. The van der Waals surface area contributed by atoms with Gasteiger partial charge in [-0.15, -0.1) is 0 Å². The molecule has 112 valence electrons. The summed E-state index contributed by atoms with van der Waals surface area (Å²) in [7, 11) is 1.38. The number of methoxy groups -OCH3 is 1. The summed E-state index contributed by atoms with van der Waals surface area (Å²) in [6.45, 7) is 3.05. The maximum atomic E-state index is 12.1. The van der Waals surface area contributed by atoms with Crippen molar-refractivity contribution >= 4 is 33.9 Å². The van der Waals surface area contributed by atoms with E-state index in [0.29, 0.717) is 19.5 Å². The zero-order chi connectivity index (χ0) is 15.4. The van der Waals surface area contributed by atoms with Crippen LogP contribution >= 0.6 is 15.9 Å². The standard InChI is InChI=1S/C16H18BrNO3/c1-11-3-4-12(14(17)9-11)5-6-15(19)18-8-7-13(10-18)16(20)21-2/h3-6,9,13H,7-8,10H2,1-2H3/b6-5+. The lowest BCUT2D eigenvalue weighted by Crippen LogP contribution is -2.28. The fourth-order valence-electron chi connectivity index (χ4n) is 2.35. The Morgan fingerprint density at radius 1 is 1.43 bits per heavy atom. The molecule has 1 amide bonds. The molecule has 0 saturated carbocycles. The van der Waals surface area contributed by atoms with Gasteiger partial charge in [-0.05, 0) is 36.6 Å². The van der Waals surface area contributed by atoms with Crippen LogP contribution in [0.15, 0.2) is 28.7 Å². The van der Waals surface area contributed by atoms with Gasteiger partial charge in [0.1, 0.15) is 0 Å². The van der Waals surface area contributed by atoms with Gasteiger partial charge in [0.05, 0.1) is 13.0 Å². The number of likely N-dealkylation sites (tertiary alicyclic amines) is 1. The fourth-order valence-corrected chi connectivity index (χ4v) is 2.98. The normalized spacial score (nSPS) is 18.2. The lowest BCUT2D eigenvalue weighted by Gasteiger charge is -2.13. The Morgan fingerprint density at radius 2 is 2.19 bits per heavy atom. The number of hydrogen-bond acceptors (Lipinski definition) is 3. The number of rotatable bonds is 3. The van der Waals surface area contributed by atoms with E-state index < -0.39 is 0 Å². The van der Waals surface area contributed by atoms with Gasteiger partial charge in [-0.1, -0.05) is 28.1 Å². The first-order valence-electron chi connectivity index (χ1n) is 6.82. The predicted octanol–water partition coefficient (Wildman–Crippen LogP) is 2.79. The van der Waals surface area contributed by atoms with Gasteiger partial charge >= 0.3 is 5.97 Å². The van der Waals surface area contributed by atoms with Gasteiger partial charge in [0.2, 0.25) is 5.91 Å². The lowest BCUT2D eigenvalue weighted by atomic mass is 10.1. The Morgan fingerprint density at radius 3 is 2.86 bits per heavy atom. The van der Waals surface area contributed by atoms with Crippen LogP contribution in [0, 0.1) is 12.8 Å². The highest BCUT2D eigenvalue weighted by Gasteiger charge is 2.30. The minimum Gasteiger partial charge on any atom is -0.469 e. The highest BCUT2D eigenvalue weighted by Crippen LogP contribution is 2.21. The van der Waals surface area contributed by atoms with Crippen LogP contribution in [0.3, 0.4) is 0 Å². The summed E-state index contributed by atoms with van der Waals surface area (Å²) in [5, 5.41) is 0. The van der Waals surface area contributed by atoms with Gasteiger partial charge in [-0.3, -0.25) is 9.59 Å². The molecular weight excluding hydrogens is 334 g/mol. The van der Waals surface area contributed by atoms with Crippen molar-refractivity contribution in [3.05, 3.63) is 39.9 Å². The van der Waals surface area contributed by atoms with Gasteiger partial charge in [0.15, 0.2) is 0 Å². The molecule has 1 aromatic carbocycles. The van der Waals surface area contributed by atoms with E-state index >= 15 is 0 Å². The molecule has 5 heteroatoms. The van der Waals surface area contributed by atoms with Crippen molar-refractivity contribution in [1.29, 1.82) is 0 Å². The molecule has 1 atom stereocenters. The van der Waals surface area contributed by atoms with Gasteiger partial charge in [0, 0.05) is 23.6 Å². The van der Waals surface area contributed by atoms with E-state index in [1.165, 1.54) is 7.11 Å². The number of nitrogens with zero attached hydrogens (tertiary/aromatic N) is 1. The van der Waals surface area contributed by atoms with Crippen molar-refractivity contribution in [2.75, 3.05) is 20.2 Å². The number of carbonyl (C=O) groups is 2. The van der Waals surface area contributed by atoms with Crippen molar-refractivity contribution in [2.24, 2.45) is 5.92 Å². The van der Waals surface area contributed by atoms with Crippen LogP contribution in [-0.2, 0) is 14.3 Å². The number of ether oxygens (including phenoxy) is 1. The minimum atomic E-state index is -0.240. The van der Waals surface area contributed by atoms with Crippen LogP contribution < -0.4 is 0 Å². The predicted molar refractivity (Wildman–Crippen MR) is 84.6 cm³/mol. The topological polar surface area (TPSA) is 46.6 Å². The van der Waals surface area contributed by atoms with Crippen LogP contribution in [0.2, 0.25) is 0 Å². The molecule has 0 spiro atoms. The zero-order valence-electron chi connectivity index (χ0n) is 12.1. The highest BCUT2D eigenvalue weighted by molar-refractivity contribution is 9.10. The summed E-state index contributed by atoms with van der Waals surface area (Å²) in [6.07, 6.45) is 4.01. The Kier molecular flexibility index (Phi) is 5.17. The van der Waals surface area contributed by atoms with E-state index in [2.05, 4.69) is 15.9 Å². The van der Waals surface area contributed by atoms with Crippen molar-refractivity contribution < 1.29 is 14.3 Å². The number of amides is 1. The monoisotopic (exact) mass is 351 g/mol. The zero-order valence-corrected chi connectivity index (χ0v) is 13.7. The van der Waals surface area contributed by atoms with E-state index in [4.69, 9.17) is 4.74 Å². The third kappa shape index (κ3) is 3.94. The second-order valence-electron chi connectivity index (χ2n) is 5.15. The average molecular weight is 352 g/mol. The summed E-state index contributed by atoms with van der Waals surface area (Å²) in [4.78, 5) is 25.3. The Bertz CT molecular complexity index is 583. The Balaban J connectivity index is 1.99. The number of aryl methyl sites for hydroxylation is 1. The molecule has 1 fully saturated rings. The molecule has 0 bridgehead atoms. The summed E-state index contributed by atoms with van der Waals surface area (Å²) in [5.74, 6) is -0.511. The van der Waals surface area contributed by atoms with E-state index in [-0.39, 0.29) is 17.8 Å². The smallest absolute Gasteiger partial charge is 0.310 e. The number of benzene rings is 1. The fraction of sp³-hybridized carbons (Fsp3) is 0.375. The molecule has 1 aromatic rings. The molecule has 0 radical (unpaired) electrons. The lowest BCUT2D eigenvalue weighted by molar-refractivity contribution is -0.145. The van der Waals surface area contributed by atoms with Crippen molar-refractivity contribution in [3.8, 4) is 0 Å². The van der Waals surface area contributed by atoms with E-state index in [0.717, 1.165) is 15.6 Å². The first kappa shape index (κ1) is 15.8. The van der Waals surface area contributed by atoms with Crippen LogP contribution in [0.25, 0.3) is 6.08 Å². The summed E-state index contributed by atoms with van der Waals surface area (Å²) in [6, 6.07) is 5.97. The SMILES string of the molecule is COC(=O)C1CCN(C(=O)/C=C/c2ccc(C)cc2Br)C1. The third-order valence-electron chi connectivity index (χ3n) is 3.60. The number of halogens is 1. The molecule has 0 aliphatic carbocycles. The summed E-state index contributed by atoms with van der Waals surface area (Å²) < 4.78 is 5.68.